The highest BCUT2D eigenvalue weighted by Gasteiger charge is 2.22. The lowest BCUT2D eigenvalue weighted by Crippen LogP contribution is -2.38. The molecule has 2 aliphatic rings. The van der Waals surface area contributed by atoms with Crippen LogP contribution in [0.25, 0.3) is 6.08 Å². The van der Waals surface area contributed by atoms with Gasteiger partial charge in [-0.1, -0.05) is 34.1 Å². The summed E-state index contributed by atoms with van der Waals surface area (Å²) in [4.78, 5) is 0. The average molecular weight is 275 g/mol. The number of hydrogen-bond acceptors (Lipinski definition) is 2. The molecule has 1 aromatic carbocycles. The van der Waals surface area contributed by atoms with Crippen LogP contribution >= 0.6 is 15.9 Å². The van der Waals surface area contributed by atoms with Crippen molar-refractivity contribution in [2.24, 2.45) is 0 Å². The Labute approximate surface area is 103 Å². The zero-order valence-corrected chi connectivity index (χ0v) is 10.3. The molecule has 80 valence electrons. The molecule has 0 unspecified atom stereocenters. The number of alkyl halides is 1. The molecule has 1 aromatic rings. The lowest BCUT2D eigenvalue weighted by Gasteiger charge is -2.39. The van der Waals surface area contributed by atoms with Crippen LogP contribution in [0.3, 0.4) is 0 Å². The van der Waals surface area contributed by atoms with E-state index in [1.54, 1.807) is 0 Å². The third kappa shape index (κ3) is 1.39. The Morgan fingerprint density at radius 3 is 2.56 bits per heavy atom. The molecule has 0 atom stereocenters. The Morgan fingerprint density at radius 2 is 1.75 bits per heavy atom. The molecular formula is C13H11BrN2. The molecule has 0 saturated carbocycles. The highest BCUT2D eigenvalue weighted by molar-refractivity contribution is 9.09. The van der Waals surface area contributed by atoms with Crippen LogP contribution in [0.15, 0.2) is 54.5 Å². The summed E-state index contributed by atoms with van der Waals surface area (Å²) in [6, 6.07) is 8.41. The Balaban J connectivity index is 2.17. The van der Waals surface area contributed by atoms with Gasteiger partial charge in [-0.3, -0.25) is 10.0 Å². The highest BCUT2D eigenvalue weighted by Crippen LogP contribution is 2.33. The molecule has 0 radical (unpaired) electrons. The maximum atomic E-state index is 3.53. The number of para-hydroxylation sites is 1. The maximum absolute atomic E-state index is 3.53. The van der Waals surface area contributed by atoms with Crippen molar-refractivity contribution in [3.63, 3.8) is 0 Å². The first kappa shape index (κ1) is 9.73. The zero-order valence-electron chi connectivity index (χ0n) is 8.68. The van der Waals surface area contributed by atoms with Gasteiger partial charge < -0.3 is 0 Å². The van der Waals surface area contributed by atoms with Crippen LogP contribution in [0.5, 0.6) is 0 Å². The van der Waals surface area contributed by atoms with E-state index in [-0.39, 0.29) is 0 Å². The van der Waals surface area contributed by atoms with Gasteiger partial charge in [0.05, 0.1) is 11.4 Å². The first-order valence-corrected chi connectivity index (χ1v) is 6.31. The third-order valence-corrected chi connectivity index (χ3v) is 3.31. The van der Waals surface area contributed by atoms with Crippen LogP contribution in [0, 0.1) is 0 Å². The van der Waals surface area contributed by atoms with E-state index < -0.39 is 0 Å². The number of benzene rings is 1. The number of halogens is 1. The van der Waals surface area contributed by atoms with E-state index in [9.17, 15) is 0 Å². The smallest absolute Gasteiger partial charge is 0.0702 e. The fourth-order valence-corrected chi connectivity index (χ4v) is 2.42. The van der Waals surface area contributed by atoms with Crippen LogP contribution in [0.4, 0.5) is 5.69 Å². The molecule has 0 aromatic heterocycles. The fourth-order valence-electron chi connectivity index (χ4n) is 2.00. The van der Waals surface area contributed by atoms with Gasteiger partial charge in [-0.25, -0.2) is 0 Å². The minimum Gasteiger partial charge on any atom is -0.260 e. The Morgan fingerprint density at radius 1 is 1.00 bits per heavy atom. The third-order valence-electron chi connectivity index (χ3n) is 2.73. The van der Waals surface area contributed by atoms with E-state index in [2.05, 4.69) is 68.7 Å². The molecule has 3 heteroatoms. The van der Waals surface area contributed by atoms with Gasteiger partial charge in [0, 0.05) is 23.3 Å². The van der Waals surface area contributed by atoms with Crippen molar-refractivity contribution in [1.82, 2.24) is 5.01 Å². The van der Waals surface area contributed by atoms with Gasteiger partial charge in [-0.05, 0) is 24.3 Å². The minimum atomic E-state index is 0.843. The maximum Gasteiger partial charge on any atom is 0.0702 e. The SMILES string of the molecule is BrCC1=Cc2ccccc2N2C=CC=CN12. The summed E-state index contributed by atoms with van der Waals surface area (Å²) in [6.45, 7) is 0. The molecule has 16 heavy (non-hydrogen) atoms. The van der Waals surface area contributed by atoms with Crippen molar-refractivity contribution in [3.05, 3.63) is 60.1 Å². The predicted molar refractivity (Wildman–Crippen MR) is 70.8 cm³/mol. The van der Waals surface area contributed by atoms with Gasteiger partial charge in [0.2, 0.25) is 0 Å². The largest absolute Gasteiger partial charge is 0.260 e. The zero-order chi connectivity index (χ0) is 11.0. The van der Waals surface area contributed by atoms with Crippen LogP contribution < -0.4 is 5.01 Å². The Hall–Kier alpha value is -1.48. The van der Waals surface area contributed by atoms with E-state index in [0.29, 0.717) is 0 Å². The van der Waals surface area contributed by atoms with Crippen molar-refractivity contribution in [3.8, 4) is 0 Å². The van der Waals surface area contributed by atoms with Gasteiger partial charge in [0.1, 0.15) is 0 Å². The summed E-state index contributed by atoms with van der Waals surface area (Å²) in [5.41, 5.74) is 3.71. The summed E-state index contributed by atoms with van der Waals surface area (Å²) in [5, 5.41) is 5.15. The first-order valence-electron chi connectivity index (χ1n) is 5.19. The van der Waals surface area contributed by atoms with Crippen molar-refractivity contribution in [2.45, 2.75) is 0 Å². The van der Waals surface area contributed by atoms with E-state index in [1.807, 2.05) is 12.2 Å². The Bertz CT molecular complexity index is 502. The van der Waals surface area contributed by atoms with Gasteiger partial charge in [-0.2, -0.15) is 0 Å². The summed E-state index contributed by atoms with van der Waals surface area (Å²) in [7, 11) is 0. The van der Waals surface area contributed by atoms with E-state index >= 15 is 0 Å². The molecule has 0 spiro atoms. The summed E-state index contributed by atoms with van der Waals surface area (Å²) in [6.07, 6.45) is 10.5. The van der Waals surface area contributed by atoms with Crippen LogP contribution in [-0.4, -0.2) is 10.3 Å². The Kier molecular flexibility index (Phi) is 2.33. The fraction of sp³-hybridized carbons (Fsp3) is 0.0769. The molecule has 3 rings (SSSR count). The second kappa shape index (κ2) is 3.83. The second-order valence-corrected chi connectivity index (χ2v) is 4.26. The number of fused-ring (bicyclic) bond motifs is 3. The predicted octanol–water partition coefficient (Wildman–Crippen LogP) is 3.50. The molecule has 0 aliphatic carbocycles. The lowest BCUT2D eigenvalue weighted by atomic mass is 10.1. The lowest BCUT2D eigenvalue weighted by molar-refractivity contribution is 0.467. The van der Waals surface area contributed by atoms with Gasteiger partial charge >= 0.3 is 0 Å². The summed E-state index contributed by atoms with van der Waals surface area (Å²) >= 11 is 3.53. The molecule has 0 bridgehead atoms. The molecular weight excluding hydrogens is 264 g/mol. The van der Waals surface area contributed by atoms with E-state index in [1.165, 1.54) is 16.9 Å². The monoisotopic (exact) mass is 274 g/mol. The van der Waals surface area contributed by atoms with E-state index in [0.717, 1.165) is 5.33 Å². The topological polar surface area (TPSA) is 6.48 Å². The summed E-state index contributed by atoms with van der Waals surface area (Å²) < 4.78 is 0. The number of anilines is 1. The quantitative estimate of drug-likeness (QED) is 0.724. The van der Waals surface area contributed by atoms with Crippen LogP contribution in [0.1, 0.15) is 5.56 Å². The molecule has 0 saturated heterocycles. The normalized spacial score (nSPS) is 16.9. The van der Waals surface area contributed by atoms with Crippen molar-refractivity contribution in [1.29, 1.82) is 0 Å². The number of nitrogens with zero attached hydrogens (tertiary/aromatic N) is 2. The number of hydrazine groups is 1. The molecule has 2 aliphatic heterocycles. The highest BCUT2D eigenvalue weighted by atomic mass is 79.9. The average Bonchev–Trinajstić information content (AvgIpc) is 2.38. The number of allylic oxidation sites excluding steroid dienone is 3. The standard InChI is InChI=1S/C13H11BrN2/c14-10-12-9-11-5-1-2-6-13(11)16-8-4-3-7-15(12)16/h1-9H,10H2. The second-order valence-electron chi connectivity index (χ2n) is 3.70. The van der Waals surface area contributed by atoms with Crippen molar-refractivity contribution in [2.75, 3.05) is 10.3 Å². The minimum absolute atomic E-state index is 0.843. The van der Waals surface area contributed by atoms with E-state index in [4.69, 9.17) is 0 Å². The number of hydrogen-bond donors (Lipinski definition) is 0. The number of rotatable bonds is 1. The van der Waals surface area contributed by atoms with Gasteiger partial charge in [0.15, 0.2) is 0 Å². The van der Waals surface area contributed by atoms with Crippen molar-refractivity contribution >= 4 is 27.7 Å². The van der Waals surface area contributed by atoms with Crippen LogP contribution in [-0.2, 0) is 0 Å². The molecule has 2 heterocycles. The molecule has 0 amide bonds. The van der Waals surface area contributed by atoms with Crippen molar-refractivity contribution < 1.29 is 0 Å². The van der Waals surface area contributed by atoms with Crippen LogP contribution in [0.2, 0.25) is 0 Å². The molecule has 0 fully saturated rings. The first-order chi connectivity index (χ1) is 7.90. The van der Waals surface area contributed by atoms with Gasteiger partial charge in [0.25, 0.3) is 0 Å². The molecule has 0 N–H and O–H groups in total. The molecule has 2 nitrogen and oxygen atoms in total. The summed E-state index contributed by atoms with van der Waals surface area (Å²) in [5.74, 6) is 0. The van der Waals surface area contributed by atoms with Gasteiger partial charge in [-0.15, -0.1) is 0 Å².